The molecule has 136 valence electrons. The highest BCUT2D eigenvalue weighted by Gasteiger charge is 2.52. The normalized spacial score (nSPS) is 24.0. The molecule has 1 N–H and O–H groups in total. The van der Waals surface area contributed by atoms with Crippen LogP contribution in [0.3, 0.4) is 0 Å². The first-order valence-corrected chi connectivity index (χ1v) is 8.62. The highest BCUT2D eigenvalue weighted by atomic mass is 35.5. The number of halogens is 3. The predicted octanol–water partition coefficient (Wildman–Crippen LogP) is 3.17. The topological polar surface area (TPSA) is 47.6 Å². The molecule has 0 aromatic heterocycles. The van der Waals surface area contributed by atoms with Crippen molar-refractivity contribution < 1.29 is 22.9 Å². The van der Waals surface area contributed by atoms with E-state index in [9.17, 15) is 13.6 Å². The van der Waals surface area contributed by atoms with E-state index in [0.717, 1.165) is 0 Å². The van der Waals surface area contributed by atoms with Crippen LogP contribution in [0.15, 0.2) is 18.2 Å². The molecule has 0 unspecified atom stereocenters. The summed E-state index contributed by atoms with van der Waals surface area (Å²) in [6.45, 7) is 7.77. The van der Waals surface area contributed by atoms with Crippen LogP contribution in [0.1, 0.15) is 50.9 Å². The van der Waals surface area contributed by atoms with Crippen molar-refractivity contribution in [2.24, 2.45) is 0 Å². The summed E-state index contributed by atoms with van der Waals surface area (Å²) in [6, 6.07) is 4.28. The zero-order valence-corrected chi connectivity index (χ0v) is 15.4. The summed E-state index contributed by atoms with van der Waals surface area (Å²) in [6.07, 6.45) is -0.642. The molecule has 0 bridgehead atoms. The average molecular weight is 372 g/mol. The molecular weight excluding hydrogens is 350 g/mol. The quantitative estimate of drug-likeness (QED) is 0.830. The summed E-state index contributed by atoms with van der Waals surface area (Å²) < 4.78 is 37.6. The maximum atomic E-state index is 12.9. The molecule has 2 fully saturated rings. The number of hydrogen-bond acceptors (Lipinski definition) is 3. The number of nitrogens with one attached hydrogen (secondary N) is 1. The van der Waals surface area contributed by atoms with Crippen LogP contribution in [0.4, 0.5) is 8.78 Å². The van der Waals surface area contributed by atoms with Crippen molar-refractivity contribution in [3.8, 4) is 0 Å². The third-order valence-electron chi connectivity index (χ3n) is 5.20. The van der Waals surface area contributed by atoms with Gasteiger partial charge in [-0.15, -0.1) is 0 Å². The number of hydrogen-bond donors (Lipinski definition) is 1. The van der Waals surface area contributed by atoms with Crippen LogP contribution in [0.25, 0.3) is 0 Å². The molecule has 2 aliphatic rings. The largest absolute Gasteiger partial charge is 0.496 e. The molecule has 1 saturated carbocycles. The fourth-order valence-electron chi connectivity index (χ4n) is 2.86. The fourth-order valence-corrected chi connectivity index (χ4v) is 3.13. The van der Waals surface area contributed by atoms with Gasteiger partial charge in [0.2, 0.25) is 0 Å². The average Bonchev–Trinajstić information content (AvgIpc) is 2.64. The molecule has 1 aromatic rings. The second kappa shape index (κ2) is 5.93. The number of benzene rings is 1. The van der Waals surface area contributed by atoms with Crippen molar-refractivity contribution in [3.05, 3.63) is 28.8 Å². The van der Waals surface area contributed by atoms with Gasteiger partial charge in [-0.25, -0.2) is 8.78 Å². The lowest BCUT2D eigenvalue weighted by Crippen LogP contribution is -2.50. The van der Waals surface area contributed by atoms with E-state index in [2.05, 4.69) is 5.32 Å². The van der Waals surface area contributed by atoms with Crippen LogP contribution in [-0.4, -0.2) is 36.2 Å². The SMILES string of the molecule is CC1(C)OB(c2ccc(C(=O)NC3CC(F)(F)C3)cc2Cl)OC1(C)C. The van der Waals surface area contributed by atoms with Gasteiger partial charge in [0.05, 0.1) is 11.2 Å². The highest BCUT2D eigenvalue weighted by Crippen LogP contribution is 2.38. The number of carbonyl (C=O) groups excluding carboxylic acids is 1. The van der Waals surface area contributed by atoms with Gasteiger partial charge >= 0.3 is 7.12 Å². The van der Waals surface area contributed by atoms with Gasteiger partial charge in [-0.1, -0.05) is 17.7 Å². The molecule has 0 atom stereocenters. The molecular formula is C17H21BClF2NO3. The first kappa shape index (κ1) is 18.6. The molecule has 3 rings (SSSR count). The van der Waals surface area contributed by atoms with E-state index < -0.39 is 36.2 Å². The Morgan fingerprint density at radius 2 is 1.76 bits per heavy atom. The van der Waals surface area contributed by atoms with Gasteiger partial charge in [0.15, 0.2) is 0 Å². The van der Waals surface area contributed by atoms with Crippen LogP contribution in [0.2, 0.25) is 5.02 Å². The van der Waals surface area contributed by atoms with E-state index >= 15 is 0 Å². The molecule has 0 radical (unpaired) electrons. The van der Waals surface area contributed by atoms with E-state index in [1.165, 1.54) is 6.07 Å². The Kier molecular flexibility index (Phi) is 4.41. The molecule has 1 saturated heterocycles. The molecule has 0 spiro atoms. The minimum absolute atomic E-state index is 0.320. The second-order valence-electron chi connectivity index (χ2n) is 7.76. The van der Waals surface area contributed by atoms with Crippen LogP contribution >= 0.6 is 11.6 Å². The van der Waals surface area contributed by atoms with Crippen LogP contribution in [0, 0.1) is 0 Å². The zero-order chi connectivity index (χ0) is 18.6. The van der Waals surface area contributed by atoms with E-state index in [1.54, 1.807) is 12.1 Å². The number of alkyl halides is 2. The summed E-state index contributed by atoms with van der Waals surface area (Å²) in [4.78, 5) is 12.2. The van der Waals surface area contributed by atoms with Crippen LogP contribution in [-0.2, 0) is 9.31 Å². The van der Waals surface area contributed by atoms with E-state index in [4.69, 9.17) is 20.9 Å². The molecule has 1 heterocycles. The molecule has 1 aliphatic heterocycles. The standard InChI is InChI=1S/C17H21BClF2NO3/c1-15(2)16(3,4)25-18(24-15)12-6-5-10(7-13(12)19)14(23)22-11-8-17(20,21)9-11/h5-7,11H,8-9H2,1-4H3,(H,22,23). The molecule has 4 nitrogen and oxygen atoms in total. The maximum Gasteiger partial charge on any atom is 0.496 e. The zero-order valence-electron chi connectivity index (χ0n) is 14.7. The number of amides is 1. The Hall–Kier alpha value is -1.18. The first-order chi connectivity index (χ1) is 11.4. The Bertz CT molecular complexity index is 687. The third-order valence-corrected chi connectivity index (χ3v) is 5.52. The summed E-state index contributed by atoms with van der Waals surface area (Å²) in [7, 11) is -0.625. The van der Waals surface area contributed by atoms with E-state index in [0.29, 0.717) is 16.0 Å². The summed E-state index contributed by atoms with van der Waals surface area (Å²) in [5, 5.41) is 2.93. The highest BCUT2D eigenvalue weighted by molar-refractivity contribution is 6.65. The molecule has 25 heavy (non-hydrogen) atoms. The lowest BCUT2D eigenvalue weighted by molar-refractivity contribution is -0.0901. The number of carbonyl (C=O) groups is 1. The van der Waals surface area contributed by atoms with Crippen LogP contribution < -0.4 is 10.8 Å². The lowest BCUT2D eigenvalue weighted by Gasteiger charge is -2.35. The van der Waals surface area contributed by atoms with Crippen molar-refractivity contribution in [2.45, 2.75) is 63.7 Å². The summed E-state index contributed by atoms with van der Waals surface area (Å²) in [5.41, 5.74) is -0.0357. The minimum Gasteiger partial charge on any atom is -0.399 e. The monoisotopic (exact) mass is 371 g/mol. The van der Waals surface area contributed by atoms with Gasteiger partial charge in [0, 0.05) is 34.9 Å². The van der Waals surface area contributed by atoms with Gasteiger partial charge in [-0.3, -0.25) is 4.79 Å². The molecule has 1 aromatic carbocycles. The lowest BCUT2D eigenvalue weighted by atomic mass is 9.78. The smallest absolute Gasteiger partial charge is 0.399 e. The second-order valence-corrected chi connectivity index (χ2v) is 8.17. The predicted molar refractivity (Wildman–Crippen MR) is 92.6 cm³/mol. The van der Waals surface area contributed by atoms with Gasteiger partial charge in [0.1, 0.15) is 0 Å². The minimum atomic E-state index is -2.67. The fraction of sp³-hybridized carbons (Fsp3) is 0.588. The van der Waals surface area contributed by atoms with Gasteiger partial charge in [-0.05, 0) is 39.8 Å². The van der Waals surface area contributed by atoms with Crippen molar-refractivity contribution in [1.82, 2.24) is 5.32 Å². The van der Waals surface area contributed by atoms with Gasteiger partial charge in [-0.2, -0.15) is 0 Å². The molecule has 1 aliphatic carbocycles. The van der Waals surface area contributed by atoms with Crippen LogP contribution in [0.5, 0.6) is 0 Å². The third kappa shape index (κ3) is 3.55. The Balaban J connectivity index is 1.70. The van der Waals surface area contributed by atoms with Crippen molar-refractivity contribution >= 4 is 30.1 Å². The molecule has 8 heteroatoms. The summed E-state index contributed by atoms with van der Waals surface area (Å²) in [5.74, 6) is -3.08. The Morgan fingerprint density at radius 1 is 1.20 bits per heavy atom. The summed E-state index contributed by atoms with van der Waals surface area (Å²) >= 11 is 6.31. The van der Waals surface area contributed by atoms with Crippen molar-refractivity contribution in [2.75, 3.05) is 0 Å². The maximum absolute atomic E-state index is 12.9. The van der Waals surface area contributed by atoms with E-state index in [-0.39, 0.29) is 12.8 Å². The Labute approximate surface area is 151 Å². The first-order valence-electron chi connectivity index (χ1n) is 8.24. The van der Waals surface area contributed by atoms with Gasteiger partial charge in [0.25, 0.3) is 11.8 Å². The Morgan fingerprint density at radius 3 is 2.24 bits per heavy atom. The van der Waals surface area contributed by atoms with Crippen molar-refractivity contribution in [3.63, 3.8) is 0 Å². The van der Waals surface area contributed by atoms with Crippen molar-refractivity contribution in [1.29, 1.82) is 0 Å². The van der Waals surface area contributed by atoms with Gasteiger partial charge < -0.3 is 14.6 Å². The molecule has 1 amide bonds. The number of rotatable bonds is 3. The van der Waals surface area contributed by atoms with E-state index in [1.807, 2.05) is 27.7 Å².